The third kappa shape index (κ3) is 3.62. The van der Waals surface area contributed by atoms with Crippen molar-refractivity contribution in [1.82, 2.24) is 4.57 Å². The van der Waals surface area contributed by atoms with Crippen molar-refractivity contribution in [2.24, 2.45) is 4.99 Å². The molecule has 3 aromatic carbocycles. The van der Waals surface area contributed by atoms with Crippen LogP contribution in [0.5, 0.6) is 0 Å². The number of aromatic nitrogens is 1. The van der Waals surface area contributed by atoms with Gasteiger partial charge in [0, 0.05) is 10.0 Å². The van der Waals surface area contributed by atoms with Gasteiger partial charge in [-0.25, -0.2) is 4.99 Å². The summed E-state index contributed by atoms with van der Waals surface area (Å²) in [4.78, 5) is 19.5. The number of rotatable bonds is 2. The number of hydrogen-bond donors (Lipinski definition) is 0. The van der Waals surface area contributed by atoms with Crippen molar-refractivity contribution >= 4 is 62.2 Å². The summed E-state index contributed by atoms with van der Waals surface area (Å²) >= 11 is 17.5. The van der Waals surface area contributed by atoms with Crippen LogP contribution >= 0.6 is 50.5 Å². The molecule has 34 heavy (non-hydrogen) atoms. The molecule has 4 aromatic rings. The fraction of sp³-hybridized carbons (Fsp3) is 0.111. The molecule has 0 N–H and O–H groups in total. The molecule has 3 nitrogen and oxygen atoms in total. The van der Waals surface area contributed by atoms with Crippen LogP contribution in [0.15, 0.2) is 86.6 Å². The van der Waals surface area contributed by atoms with E-state index in [0.717, 1.165) is 34.1 Å². The predicted octanol–water partition coefficient (Wildman–Crippen LogP) is 6.39. The highest BCUT2D eigenvalue weighted by molar-refractivity contribution is 9.10. The van der Waals surface area contributed by atoms with E-state index in [2.05, 4.69) is 52.3 Å². The fourth-order valence-corrected chi connectivity index (χ4v) is 6.36. The van der Waals surface area contributed by atoms with Gasteiger partial charge in [-0.2, -0.15) is 0 Å². The molecule has 2 aliphatic rings. The first kappa shape index (κ1) is 22.1. The summed E-state index contributed by atoms with van der Waals surface area (Å²) in [6.07, 6.45) is 3.61. The highest BCUT2D eigenvalue weighted by Gasteiger charge is 2.32. The van der Waals surface area contributed by atoms with Gasteiger partial charge >= 0.3 is 0 Å². The Kier molecular flexibility index (Phi) is 5.61. The summed E-state index contributed by atoms with van der Waals surface area (Å²) in [5, 5.41) is 0.899. The lowest BCUT2D eigenvalue weighted by Gasteiger charge is -2.30. The molecule has 7 heteroatoms. The van der Waals surface area contributed by atoms with E-state index in [1.54, 1.807) is 6.07 Å². The molecule has 0 bridgehead atoms. The van der Waals surface area contributed by atoms with Crippen LogP contribution in [0.3, 0.4) is 0 Å². The van der Waals surface area contributed by atoms with E-state index in [1.807, 2.05) is 34.9 Å². The molecule has 6 rings (SSSR count). The Hall–Kier alpha value is -2.44. The molecular weight excluding hydrogens is 551 g/mol. The van der Waals surface area contributed by atoms with Crippen LogP contribution in [-0.4, -0.2) is 4.57 Å². The van der Waals surface area contributed by atoms with Gasteiger partial charge in [0.25, 0.3) is 5.56 Å². The van der Waals surface area contributed by atoms with E-state index in [9.17, 15) is 4.79 Å². The zero-order chi connectivity index (χ0) is 23.4. The van der Waals surface area contributed by atoms with Gasteiger partial charge in [0.15, 0.2) is 4.80 Å². The van der Waals surface area contributed by atoms with E-state index in [0.29, 0.717) is 24.9 Å². The summed E-state index contributed by atoms with van der Waals surface area (Å²) < 4.78 is 3.42. The monoisotopic (exact) mass is 566 g/mol. The molecule has 0 radical (unpaired) electrons. The molecule has 1 aromatic heterocycles. The molecule has 0 saturated heterocycles. The lowest BCUT2D eigenvalue weighted by atomic mass is 9.83. The van der Waals surface area contributed by atoms with E-state index >= 15 is 0 Å². The number of nitrogens with zero attached hydrogens (tertiary/aromatic N) is 2. The molecule has 1 unspecified atom stereocenters. The van der Waals surface area contributed by atoms with Gasteiger partial charge < -0.3 is 0 Å². The topological polar surface area (TPSA) is 34.4 Å². The number of hydrogen-bond acceptors (Lipinski definition) is 3. The number of allylic oxidation sites excluding steroid dienone is 1. The van der Waals surface area contributed by atoms with Crippen molar-refractivity contribution < 1.29 is 0 Å². The Morgan fingerprint density at radius 1 is 1.00 bits per heavy atom. The minimum absolute atomic E-state index is 0.0712. The fourth-order valence-electron chi connectivity index (χ4n) is 4.74. The highest BCUT2D eigenvalue weighted by Crippen LogP contribution is 2.41. The van der Waals surface area contributed by atoms with Crippen molar-refractivity contribution in [3.8, 4) is 0 Å². The maximum Gasteiger partial charge on any atom is 0.271 e. The Morgan fingerprint density at radius 2 is 1.79 bits per heavy atom. The smallest absolute Gasteiger partial charge is 0.271 e. The Bertz CT molecular complexity index is 1670. The molecular formula is C27H17BrCl2N2OS. The zero-order valence-electron chi connectivity index (χ0n) is 17.8. The molecule has 1 aliphatic heterocycles. The van der Waals surface area contributed by atoms with Gasteiger partial charge in [0.1, 0.15) is 0 Å². The summed E-state index contributed by atoms with van der Waals surface area (Å²) in [7, 11) is 0. The van der Waals surface area contributed by atoms with Gasteiger partial charge in [0.2, 0.25) is 0 Å². The first-order chi connectivity index (χ1) is 16.5. The van der Waals surface area contributed by atoms with E-state index in [-0.39, 0.29) is 11.6 Å². The number of fused-ring (bicyclic) bond motifs is 3. The van der Waals surface area contributed by atoms with E-state index < -0.39 is 0 Å². The summed E-state index contributed by atoms with van der Waals surface area (Å²) in [5.41, 5.74) is 6.33. The van der Waals surface area contributed by atoms with Crippen LogP contribution in [0.1, 0.15) is 34.7 Å². The molecule has 1 aliphatic carbocycles. The number of benzene rings is 3. The highest BCUT2D eigenvalue weighted by atomic mass is 79.9. The third-order valence-electron chi connectivity index (χ3n) is 6.33. The van der Waals surface area contributed by atoms with Crippen LogP contribution in [0.2, 0.25) is 10.0 Å². The van der Waals surface area contributed by atoms with Gasteiger partial charge in [-0.15, -0.1) is 0 Å². The van der Waals surface area contributed by atoms with Crippen molar-refractivity contribution in [2.45, 2.75) is 18.9 Å². The second-order valence-electron chi connectivity index (χ2n) is 8.31. The van der Waals surface area contributed by atoms with E-state index in [1.165, 1.54) is 22.5 Å². The predicted molar refractivity (Wildman–Crippen MR) is 143 cm³/mol. The Labute approximate surface area is 218 Å². The molecule has 1 atom stereocenters. The van der Waals surface area contributed by atoms with Gasteiger partial charge in [0.05, 0.1) is 26.3 Å². The molecule has 0 amide bonds. The van der Waals surface area contributed by atoms with Crippen molar-refractivity contribution in [3.05, 3.63) is 129 Å². The zero-order valence-corrected chi connectivity index (χ0v) is 21.7. The standard InChI is InChI=1S/C27H17BrCl2N2OS/c28-18-11-8-16(9-12-18)25-20-13-10-15-4-1-2-6-19(15)24(20)31-27-32(25)26(33)22(34-27)14-17-5-3-7-21(29)23(17)30/h1-9,11-12,14,25H,10,13H2. The maximum absolute atomic E-state index is 13.8. The van der Waals surface area contributed by atoms with Gasteiger partial charge in [-0.3, -0.25) is 9.36 Å². The van der Waals surface area contributed by atoms with Crippen LogP contribution in [0.4, 0.5) is 0 Å². The van der Waals surface area contributed by atoms with Crippen LogP contribution < -0.4 is 14.9 Å². The first-order valence-electron chi connectivity index (χ1n) is 10.8. The molecule has 2 heterocycles. The quantitative estimate of drug-likeness (QED) is 0.276. The molecule has 0 spiro atoms. The average molecular weight is 568 g/mol. The average Bonchev–Trinajstić information content (AvgIpc) is 3.16. The summed E-state index contributed by atoms with van der Waals surface area (Å²) in [5.74, 6) is 0. The van der Waals surface area contributed by atoms with Crippen molar-refractivity contribution in [1.29, 1.82) is 0 Å². The lowest BCUT2D eigenvalue weighted by Crippen LogP contribution is -2.38. The van der Waals surface area contributed by atoms with Crippen molar-refractivity contribution in [3.63, 3.8) is 0 Å². The number of thiazole rings is 1. The van der Waals surface area contributed by atoms with Gasteiger partial charge in [-0.1, -0.05) is 99.0 Å². The number of aryl methyl sites for hydroxylation is 1. The Balaban J connectivity index is 1.64. The van der Waals surface area contributed by atoms with Crippen molar-refractivity contribution in [2.75, 3.05) is 0 Å². The lowest BCUT2D eigenvalue weighted by molar-refractivity contribution is 0.585. The third-order valence-corrected chi connectivity index (χ3v) is 8.67. The second kappa shape index (κ2) is 8.65. The van der Waals surface area contributed by atoms with Gasteiger partial charge in [-0.05, 0) is 59.4 Å². The second-order valence-corrected chi connectivity index (χ2v) is 11.0. The van der Waals surface area contributed by atoms with Crippen LogP contribution in [-0.2, 0) is 6.42 Å². The molecule has 0 saturated carbocycles. The minimum Gasteiger partial charge on any atom is -0.272 e. The number of halogens is 3. The SMILES string of the molecule is O=c1c(=Cc2cccc(Cl)c2Cl)sc2n1C(c1ccc(Br)cc1)C1=C(N=2)c2ccccc2CC1. The minimum atomic E-state index is -0.204. The largest absolute Gasteiger partial charge is 0.272 e. The van der Waals surface area contributed by atoms with E-state index in [4.69, 9.17) is 28.2 Å². The first-order valence-corrected chi connectivity index (χ1v) is 13.2. The molecule has 168 valence electrons. The normalized spacial score (nSPS) is 17.1. The summed E-state index contributed by atoms with van der Waals surface area (Å²) in [6, 6.07) is 21.8. The molecule has 0 fully saturated rings. The summed E-state index contributed by atoms with van der Waals surface area (Å²) in [6.45, 7) is 0. The van der Waals surface area contributed by atoms with Crippen LogP contribution in [0, 0.1) is 0 Å². The van der Waals surface area contributed by atoms with Crippen LogP contribution in [0.25, 0.3) is 11.8 Å². The Morgan fingerprint density at radius 3 is 2.62 bits per heavy atom. The maximum atomic E-state index is 13.8.